The Morgan fingerprint density at radius 1 is 1.12 bits per heavy atom. The number of nitrogens with two attached hydrogens (primary N) is 1. The van der Waals surface area contributed by atoms with Gasteiger partial charge in [0.05, 0.1) is 23.4 Å². The Morgan fingerprint density at radius 2 is 2.06 bits per heavy atom. The maximum atomic E-state index is 5.70. The van der Waals surface area contributed by atoms with Crippen LogP contribution in [0.2, 0.25) is 0 Å². The number of imidazole rings is 1. The fraction of sp³-hybridized carbons (Fsp3) is 0. The third-order valence-corrected chi connectivity index (χ3v) is 2.36. The minimum atomic E-state index is 0.718. The minimum Gasteiger partial charge on any atom is -0.399 e. The van der Waals surface area contributed by atoms with Crippen LogP contribution in [0.15, 0.2) is 36.7 Å². The van der Waals surface area contributed by atoms with E-state index in [-0.39, 0.29) is 0 Å². The summed E-state index contributed by atoms with van der Waals surface area (Å²) in [5, 5.41) is 7.54. The van der Waals surface area contributed by atoms with Crippen molar-refractivity contribution in [2.75, 3.05) is 5.73 Å². The van der Waals surface area contributed by atoms with Gasteiger partial charge in [0, 0.05) is 11.3 Å². The molecule has 0 fully saturated rings. The third-order valence-electron chi connectivity index (χ3n) is 2.36. The molecule has 5 heteroatoms. The van der Waals surface area contributed by atoms with Gasteiger partial charge in [0.2, 0.25) is 0 Å². The van der Waals surface area contributed by atoms with E-state index in [9.17, 15) is 0 Å². The highest BCUT2D eigenvalue weighted by atomic mass is 15.1. The van der Waals surface area contributed by atoms with E-state index >= 15 is 0 Å². The number of hydrogen-bond donors (Lipinski definition) is 2. The second kappa shape index (κ2) is 3.30. The van der Waals surface area contributed by atoms with Crippen LogP contribution in [0, 0.1) is 0 Å². The minimum absolute atomic E-state index is 0.718. The maximum absolute atomic E-state index is 5.70. The lowest BCUT2D eigenvalue weighted by Gasteiger charge is -1.92. The Balaban J connectivity index is 2.19. The molecule has 1 aromatic carbocycles. The molecular weight excluding hydrogens is 202 g/mol. The van der Waals surface area contributed by atoms with Crippen molar-refractivity contribution in [3.05, 3.63) is 36.7 Å². The molecule has 0 atom stereocenters. The summed E-state index contributed by atoms with van der Waals surface area (Å²) in [5.41, 5.74) is 9.14. The first-order valence-corrected chi connectivity index (χ1v) is 4.85. The summed E-state index contributed by atoms with van der Waals surface area (Å²) in [6.07, 6.45) is 3.30. The van der Waals surface area contributed by atoms with Gasteiger partial charge < -0.3 is 10.7 Å². The van der Waals surface area contributed by atoms with Crippen LogP contribution >= 0.6 is 0 Å². The molecule has 3 rings (SSSR count). The molecule has 16 heavy (non-hydrogen) atoms. The van der Waals surface area contributed by atoms with Gasteiger partial charge in [-0.25, -0.2) is 4.98 Å². The van der Waals surface area contributed by atoms with Crippen LogP contribution in [-0.4, -0.2) is 20.2 Å². The average molecular weight is 211 g/mol. The van der Waals surface area contributed by atoms with Gasteiger partial charge in [-0.1, -0.05) is 0 Å². The lowest BCUT2D eigenvalue weighted by Crippen LogP contribution is -1.83. The first-order valence-electron chi connectivity index (χ1n) is 4.85. The van der Waals surface area contributed by atoms with Gasteiger partial charge in [-0.15, -0.1) is 0 Å². The number of nitrogens with one attached hydrogen (secondary N) is 1. The quantitative estimate of drug-likeness (QED) is 0.599. The molecule has 5 nitrogen and oxygen atoms in total. The fourth-order valence-electron chi connectivity index (χ4n) is 1.59. The van der Waals surface area contributed by atoms with E-state index in [1.807, 2.05) is 24.3 Å². The van der Waals surface area contributed by atoms with E-state index in [0.717, 1.165) is 28.1 Å². The Morgan fingerprint density at radius 3 is 2.88 bits per heavy atom. The topological polar surface area (TPSA) is 80.5 Å². The predicted molar refractivity (Wildman–Crippen MR) is 61.5 cm³/mol. The summed E-state index contributed by atoms with van der Waals surface area (Å²) in [6, 6.07) is 7.44. The number of H-pyrrole nitrogens is 1. The summed E-state index contributed by atoms with van der Waals surface area (Å²) in [4.78, 5) is 7.64. The predicted octanol–water partition coefficient (Wildman–Crippen LogP) is 1.60. The number of hydrogen-bond acceptors (Lipinski definition) is 4. The molecule has 0 radical (unpaired) electrons. The molecule has 2 heterocycles. The zero-order valence-electron chi connectivity index (χ0n) is 8.38. The van der Waals surface area contributed by atoms with Gasteiger partial charge in [0.1, 0.15) is 5.82 Å². The molecule has 0 amide bonds. The smallest absolute Gasteiger partial charge is 0.140 e. The van der Waals surface area contributed by atoms with Crippen LogP contribution in [0.3, 0.4) is 0 Å². The highest BCUT2D eigenvalue weighted by Gasteiger charge is 2.04. The van der Waals surface area contributed by atoms with Crippen molar-refractivity contribution in [2.24, 2.45) is 0 Å². The standard InChI is InChI=1S/C11H9N5/c12-8-1-2-9-10(5-8)16-11(15-9)7-3-4-13-14-6-7/h1-6H,12H2,(H,15,16). The molecule has 0 aliphatic rings. The Labute approximate surface area is 91.3 Å². The molecule has 0 unspecified atom stereocenters. The number of benzene rings is 1. The van der Waals surface area contributed by atoms with Crippen molar-refractivity contribution in [3.8, 4) is 11.4 Å². The monoisotopic (exact) mass is 211 g/mol. The molecule has 78 valence electrons. The van der Waals surface area contributed by atoms with E-state index in [4.69, 9.17) is 5.73 Å². The molecule has 3 N–H and O–H groups in total. The SMILES string of the molecule is Nc1ccc2nc(-c3ccnnc3)[nH]c2c1. The second-order valence-electron chi connectivity index (χ2n) is 3.49. The zero-order chi connectivity index (χ0) is 11.0. The molecule has 0 aliphatic carbocycles. The number of anilines is 1. The Hall–Kier alpha value is -2.43. The lowest BCUT2D eigenvalue weighted by molar-refractivity contribution is 1.03. The van der Waals surface area contributed by atoms with Crippen molar-refractivity contribution < 1.29 is 0 Å². The normalized spacial score (nSPS) is 10.8. The van der Waals surface area contributed by atoms with Crippen LogP contribution in [0.25, 0.3) is 22.4 Å². The number of nitrogens with zero attached hydrogens (tertiary/aromatic N) is 3. The first-order chi connectivity index (χ1) is 7.83. The number of nitrogen functional groups attached to an aromatic ring is 1. The molecule has 0 saturated heterocycles. The Kier molecular flexibility index (Phi) is 1.83. The van der Waals surface area contributed by atoms with Gasteiger partial charge in [-0.3, -0.25) is 0 Å². The molecule has 3 aromatic rings. The van der Waals surface area contributed by atoms with Crippen LogP contribution in [-0.2, 0) is 0 Å². The van der Waals surface area contributed by atoms with E-state index in [2.05, 4.69) is 20.2 Å². The van der Waals surface area contributed by atoms with Crippen LogP contribution in [0.4, 0.5) is 5.69 Å². The van der Waals surface area contributed by atoms with Gasteiger partial charge in [0.25, 0.3) is 0 Å². The van der Waals surface area contributed by atoms with Crippen LogP contribution in [0.5, 0.6) is 0 Å². The van der Waals surface area contributed by atoms with E-state index in [0.29, 0.717) is 0 Å². The molecule has 0 saturated carbocycles. The number of fused-ring (bicyclic) bond motifs is 1. The molecule has 0 bridgehead atoms. The van der Waals surface area contributed by atoms with Crippen molar-refractivity contribution in [1.82, 2.24) is 20.2 Å². The zero-order valence-corrected chi connectivity index (χ0v) is 8.38. The van der Waals surface area contributed by atoms with Gasteiger partial charge in [0.15, 0.2) is 0 Å². The van der Waals surface area contributed by atoms with E-state index < -0.39 is 0 Å². The molecule has 2 aromatic heterocycles. The number of rotatable bonds is 1. The summed E-state index contributed by atoms with van der Waals surface area (Å²) in [6.45, 7) is 0. The highest BCUT2D eigenvalue weighted by molar-refractivity contribution is 5.82. The Bertz CT molecular complexity index is 629. The molecule has 0 spiro atoms. The summed E-state index contributed by atoms with van der Waals surface area (Å²) in [5.74, 6) is 0.774. The van der Waals surface area contributed by atoms with Crippen LogP contribution in [0.1, 0.15) is 0 Å². The summed E-state index contributed by atoms with van der Waals surface area (Å²) >= 11 is 0. The summed E-state index contributed by atoms with van der Waals surface area (Å²) in [7, 11) is 0. The fourth-order valence-corrected chi connectivity index (χ4v) is 1.59. The molecular formula is C11H9N5. The van der Waals surface area contributed by atoms with Crippen molar-refractivity contribution in [2.45, 2.75) is 0 Å². The van der Waals surface area contributed by atoms with Crippen molar-refractivity contribution >= 4 is 16.7 Å². The number of aromatic nitrogens is 4. The highest BCUT2D eigenvalue weighted by Crippen LogP contribution is 2.20. The van der Waals surface area contributed by atoms with E-state index in [1.54, 1.807) is 12.4 Å². The van der Waals surface area contributed by atoms with E-state index in [1.165, 1.54) is 0 Å². The lowest BCUT2D eigenvalue weighted by atomic mass is 10.3. The first kappa shape index (κ1) is 8.84. The second-order valence-corrected chi connectivity index (χ2v) is 3.49. The average Bonchev–Trinajstić information content (AvgIpc) is 2.73. The molecule has 0 aliphatic heterocycles. The van der Waals surface area contributed by atoms with Crippen LogP contribution < -0.4 is 5.73 Å². The number of aromatic amines is 1. The van der Waals surface area contributed by atoms with Gasteiger partial charge in [-0.05, 0) is 24.3 Å². The third kappa shape index (κ3) is 1.38. The van der Waals surface area contributed by atoms with Gasteiger partial charge >= 0.3 is 0 Å². The largest absolute Gasteiger partial charge is 0.399 e. The van der Waals surface area contributed by atoms with Gasteiger partial charge in [-0.2, -0.15) is 10.2 Å². The summed E-state index contributed by atoms with van der Waals surface area (Å²) < 4.78 is 0. The van der Waals surface area contributed by atoms with Crippen molar-refractivity contribution in [3.63, 3.8) is 0 Å². The maximum Gasteiger partial charge on any atom is 0.140 e. The van der Waals surface area contributed by atoms with Crippen molar-refractivity contribution in [1.29, 1.82) is 0 Å².